The molecule has 0 unspecified atom stereocenters. The van der Waals surface area contributed by atoms with Crippen molar-refractivity contribution in [3.63, 3.8) is 0 Å². The highest BCUT2D eigenvalue weighted by Crippen LogP contribution is 2.29. The number of carbonyl (C=O) groups is 1. The van der Waals surface area contributed by atoms with Gasteiger partial charge in [-0.05, 0) is 25.7 Å². The maximum atomic E-state index is 12.7. The highest BCUT2D eigenvalue weighted by Gasteiger charge is 2.40. The van der Waals surface area contributed by atoms with Crippen LogP contribution in [0.25, 0.3) is 4.96 Å². The number of hydrogen-bond acceptors (Lipinski definition) is 6. The predicted molar refractivity (Wildman–Crippen MR) is 100 cm³/mol. The minimum absolute atomic E-state index is 0.0835. The predicted octanol–water partition coefficient (Wildman–Crippen LogP) is 1.55. The van der Waals surface area contributed by atoms with Crippen molar-refractivity contribution in [2.45, 2.75) is 52.1 Å². The Balaban J connectivity index is 1.57. The zero-order valence-electron chi connectivity index (χ0n) is 15.3. The molecule has 2 aromatic heterocycles. The van der Waals surface area contributed by atoms with Crippen LogP contribution in [0.5, 0.6) is 0 Å². The summed E-state index contributed by atoms with van der Waals surface area (Å²) in [6.07, 6.45) is 3.85. The molecule has 140 valence electrons. The first-order chi connectivity index (χ1) is 12.6. The summed E-state index contributed by atoms with van der Waals surface area (Å²) in [6.45, 7) is 7.24. The minimum atomic E-state index is -0.123. The lowest BCUT2D eigenvalue weighted by atomic mass is 9.94. The number of fused-ring (bicyclic) bond motifs is 5. The fourth-order valence-electron chi connectivity index (χ4n) is 4.14. The molecule has 0 radical (unpaired) electrons. The van der Waals surface area contributed by atoms with E-state index in [0.29, 0.717) is 23.5 Å². The maximum absolute atomic E-state index is 12.7. The standard InChI is InChI=1S/C18H25N5O2S/c1-3-7-22-14-6-5-12(17(22)25)9-21(11-14)10-13-8-16(24)23-18(19-13)26-15(4-2)20-23/h8,12,14H,3-7,9-11H2,1-2H3/t12-,14+/m0/s1. The molecule has 7 nitrogen and oxygen atoms in total. The van der Waals surface area contributed by atoms with Gasteiger partial charge >= 0.3 is 0 Å². The van der Waals surface area contributed by atoms with Gasteiger partial charge in [0, 0.05) is 38.3 Å². The molecular formula is C18H25N5O2S. The lowest BCUT2D eigenvalue weighted by molar-refractivity contribution is -0.139. The molecule has 2 aromatic rings. The second-order valence-corrected chi connectivity index (χ2v) is 8.32. The number of amides is 1. The lowest BCUT2D eigenvalue weighted by Crippen LogP contribution is -2.48. The molecule has 5 heterocycles. The molecule has 0 saturated carbocycles. The van der Waals surface area contributed by atoms with E-state index in [1.165, 1.54) is 15.9 Å². The number of carbonyl (C=O) groups excluding carboxylic acids is 1. The van der Waals surface area contributed by atoms with Crippen LogP contribution in [0.4, 0.5) is 0 Å². The van der Waals surface area contributed by atoms with Crippen LogP contribution in [-0.4, -0.2) is 56.0 Å². The van der Waals surface area contributed by atoms with Crippen LogP contribution >= 0.6 is 11.3 Å². The van der Waals surface area contributed by atoms with Crippen molar-refractivity contribution in [3.05, 3.63) is 27.1 Å². The van der Waals surface area contributed by atoms with Gasteiger partial charge in [0.25, 0.3) is 5.56 Å². The Labute approximate surface area is 156 Å². The van der Waals surface area contributed by atoms with E-state index < -0.39 is 0 Å². The van der Waals surface area contributed by atoms with Crippen LogP contribution < -0.4 is 5.56 Å². The first kappa shape index (κ1) is 17.6. The van der Waals surface area contributed by atoms with E-state index in [9.17, 15) is 9.59 Å². The monoisotopic (exact) mass is 375 g/mol. The Morgan fingerprint density at radius 2 is 2.08 bits per heavy atom. The smallest absolute Gasteiger partial charge is 0.275 e. The lowest BCUT2D eigenvalue weighted by Gasteiger charge is -2.35. The highest BCUT2D eigenvalue weighted by atomic mass is 32.1. The average molecular weight is 375 g/mol. The molecule has 3 fully saturated rings. The fraction of sp³-hybridized carbons (Fsp3) is 0.667. The van der Waals surface area contributed by atoms with Gasteiger partial charge in [-0.2, -0.15) is 9.61 Å². The van der Waals surface area contributed by atoms with Gasteiger partial charge in [0.2, 0.25) is 10.9 Å². The van der Waals surface area contributed by atoms with E-state index in [-0.39, 0.29) is 11.5 Å². The van der Waals surface area contributed by atoms with Crippen LogP contribution in [0.1, 0.15) is 43.8 Å². The van der Waals surface area contributed by atoms with Crippen molar-refractivity contribution in [3.8, 4) is 0 Å². The Morgan fingerprint density at radius 1 is 1.23 bits per heavy atom. The van der Waals surface area contributed by atoms with Gasteiger partial charge in [-0.15, -0.1) is 0 Å². The minimum Gasteiger partial charge on any atom is -0.338 e. The largest absolute Gasteiger partial charge is 0.338 e. The summed E-state index contributed by atoms with van der Waals surface area (Å²) >= 11 is 1.47. The third-order valence-electron chi connectivity index (χ3n) is 5.36. The molecule has 1 amide bonds. The summed E-state index contributed by atoms with van der Waals surface area (Å²) in [5, 5.41) is 5.22. The van der Waals surface area contributed by atoms with Gasteiger partial charge in [-0.25, -0.2) is 4.98 Å². The van der Waals surface area contributed by atoms with Crippen LogP contribution in [0, 0.1) is 5.92 Å². The summed E-state index contributed by atoms with van der Waals surface area (Å²) in [5.41, 5.74) is 0.652. The van der Waals surface area contributed by atoms with Crippen LogP contribution in [-0.2, 0) is 17.8 Å². The molecular weight excluding hydrogens is 350 g/mol. The zero-order valence-corrected chi connectivity index (χ0v) is 16.2. The topological polar surface area (TPSA) is 70.8 Å². The maximum Gasteiger partial charge on any atom is 0.275 e. The number of aromatic nitrogens is 3. The van der Waals surface area contributed by atoms with E-state index in [4.69, 9.17) is 0 Å². The molecule has 26 heavy (non-hydrogen) atoms. The molecule has 0 N–H and O–H groups in total. The van der Waals surface area contributed by atoms with E-state index in [1.54, 1.807) is 6.07 Å². The van der Waals surface area contributed by atoms with Gasteiger partial charge in [0.1, 0.15) is 5.01 Å². The first-order valence-electron chi connectivity index (χ1n) is 9.50. The summed E-state index contributed by atoms with van der Waals surface area (Å²) in [5.74, 6) is 0.393. The van der Waals surface area contributed by atoms with Gasteiger partial charge in [-0.3, -0.25) is 14.5 Å². The quantitative estimate of drug-likeness (QED) is 0.793. The Kier molecular flexibility index (Phi) is 4.79. The van der Waals surface area contributed by atoms with Gasteiger partial charge in [0.15, 0.2) is 0 Å². The third-order valence-corrected chi connectivity index (χ3v) is 6.41. The zero-order chi connectivity index (χ0) is 18.3. The molecule has 5 rings (SSSR count). The summed E-state index contributed by atoms with van der Waals surface area (Å²) in [7, 11) is 0. The van der Waals surface area contributed by atoms with Crippen molar-refractivity contribution in [2.75, 3.05) is 19.6 Å². The molecule has 0 aliphatic carbocycles. The second kappa shape index (κ2) is 7.08. The normalized spacial score (nSPS) is 23.8. The Hall–Kier alpha value is -1.80. The van der Waals surface area contributed by atoms with Crippen molar-refractivity contribution < 1.29 is 4.79 Å². The highest BCUT2D eigenvalue weighted by molar-refractivity contribution is 7.16. The molecule has 8 heteroatoms. The Morgan fingerprint density at radius 3 is 2.85 bits per heavy atom. The summed E-state index contributed by atoms with van der Waals surface area (Å²) in [4.78, 5) is 34.7. The van der Waals surface area contributed by atoms with Crippen molar-refractivity contribution >= 4 is 22.2 Å². The Bertz CT molecular complexity index is 876. The van der Waals surface area contributed by atoms with Crippen LogP contribution in [0.3, 0.4) is 0 Å². The van der Waals surface area contributed by atoms with Crippen molar-refractivity contribution in [1.82, 2.24) is 24.4 Å². The molecule has 3 saturated heterocycles. The number of piperidine rings is 1. The van der Waals surface area contributed by atoms with Crippen LogP contribution in [0.2, 0.25) is 0 Å². The van der Waals surface area contributed by atoms with E-state index in [0.717, 1.165) is 56.0 Å². The third kappa shape index (κ3) is 3.16. The van der Waals surface area contributed by atoms with Gasteiger partial charge in [-0.1, -0.05) is 25.2 Å². The molecule has 2 bridgehead atoms. The molecule has 0 aromatic carbocycles. The number of nitrogens with zero attached hydrogens (tertiary/aromatic N) is 5. The van der Waals surface area contributed by atoms with Gasteiger partial charge < -0.3 is 4.90 Å². The first-order valence-corrected chi connectivity index (χ1v) is 10.3. The van der Waals surface area contributed by atoms with E-state index in [1.807, 2.05) is 6.92 Å². The van der Waals surface area contributed by atoms with E-state index >= 15 is 0 Å². The molecule has 0 spiro atoms. The van der Waals surface area contributed by atoms with Crippen molar-refractivity contribution in [2.24, 2.45) is 5.92 Å². The molecule has 2 atom stereocenters. The van der Waals surface area contributed by atoms with Crippen LogP contribution in [0.15, 0.2) is 10.9 Å². The van der Waals surface area contributed by atoms with E-state index in [2.05, 4.69) is 26.8 Å². The second-order valence-electron chi connectivity index (χ2n) is 7.28. The SMILES string of the molecule is CCCN1C(=O)[C@H]2CC[C@@H]1CN(Cc1cc(=O)n3nc(CC)sc3n1)C2. The summed E-state index contributed by atoms with van der Waals surface area (Å²) in [6, 6.07) is 1.88. The van der Waals surface area contributed by atoms with Gasteiger partial charge in [0.05, 0.1) is 11.6 Å². The number of aryl methyl sites for hydroxylation is 1. The summed E-state index contributed by atoms with van der Waals surface area (Å²) < 4.78 is 1.39. The molecule has 3 aliphatic heterocycles. The van der Waals surface area contributed by atoms with Crippen molar-refractivity contribution in [1.29, 1.82) is 0 Å². The number of hydrogen-bond donors (Lipinski definition) is 0. The fourth-order valence-corrected chi connectivity index (χ4v) is 5.00. The average Bonchev–Trinajstić information content (AvgIpc) is 2.88. The molecule has 3 aliphatic rings. The number of rotatable bonds is 5.